The molecule has 0 aromatic rings. The number of hydrogen-bond acceptors (Lipinski definition) is 2. The average molecular weight is 207 g/mol. The maximum absolute atomic E-state index is 11.8. The van der Waals surface area contributed by atoms with Gasteiger partial charge in [-0.05, 0) is 27.2 Å². The van der Waals surface area contributed by atoms with Crippen molar-refractivity contribution < 1.29 is 9.90 Å². The summed E-state index contributed by atoms with van der Waals surface area (Å²) in [6.07, 6.45) is 0.886. The van der Waals surface area contributed by atoms with E-state index in [1.165, 1.54) is 0 Å². The third-order valence-electron chi connectivity index (χ3n) is 3.07. The van der Waals surface area contributed by atoms with Gasteiger partial charge in [0.1, 0.15) is 0 Å². The Balaban J connectivity index is 2.27. The topological polar surface area (TPSA) is 40.5 Å². The van der Waals surface area contributed by atoms with Crippen LogP contribution < -0.4 is 0 Å². The predicted octanol–water partition coefficient (Wildman–Crippen LogP) is 0.627. The zero-order valence-corrected chi connectivity index (χ0v) is 9.66. The zero-order chi connectivity index (χ0) is 11.4. The maximum Gasteiger partial charge on any atom is 0.267 e. The van der Waals surface area contributed by atoms with Crippen molar-refractivity contribution in [3.05, 3.63) is 0 Å². The lowest BCUT2D eigenvalue weighted by Crippen LogP contribution is -2.42. The minimum Gasteiger partial charge on any atom is -0.369 e. The molecule has 3 unspecified atom stereocenters. The highest BCUT2D eigenvalue weighted by Crippen LogP contribution is 2.50. The maximum atomic E-state index is 11.8. The molecule has 1 amide bonds. The van der Waals surface area contributed by atoms with Crippen LogP contribution in [0.4, 0.5) is 0 Å². The highest BCUT2D eigenvalue weighted by molar-refractivity contribution is 5.93. The number of nitrogens with zero attached hydrogens (tertiary/aromatic N) is 1. The van der Waals surface area contributed by atoms with E-state index >= 15 is 0 Å². The molecular weight excluding hydrogens is 190 g/mol. The molecule has 1 saturated heterocycles. The number of hydrogen-bond donors (Lipinski definition) is 1. The zero-order valence-electron chi connectivity index (χ0n) is 9.66. The number of carbonyl (C=O) groups excluding carboxylic acids is 1. The Morgan fingerprint density at radius 3 is 2.53 bits per heavy atom. The van der Waals surface area contributed by atoms with Gasteiger partial charge in [0.25, 0.3) is 5.91 Å². The molecule has 2 rings (SSSR count). The van der Waals surface area contributed by atoms with Crippen molar-refractivity contribution in [3.63, 3.8) is 0 Å². The molecule has 3 atom stereocenters. The van der Waals surface area contributed by atoms with Gasteiger partial charge in [-0.1, -0.05) is 11.8 Å². The molecule has 3 heteroatoms. The number of likely N-dealkylation sites (N-methyl/N-ethyl adjacent to an activating group) is 1. The fraction of sp³-hybridized carbons (Fsp3) is 0.750. The molecule has 0 aromatic carbocycles. The molecule has 0 spiro atoms. The molecule has 1 aliphatic heterocycles. The van der Waals surface area contributed by atoms with Crippen LogP contribution in [-0.2, 0) is 4.79 Å². The highest BCUT2D eigenvalue weighted by atomic mass is 16.3. The molecule has 82 valence electrons. The second-order valence-electron chi connectivity index (χ2n) is 5.59. The van der Waals surface area contributed by atoms with Crippen molar-refractivity contribution in [1.29, 1.82) is 0 Å². The number of amides is 1. The first-order valence-electron chi connectivity index (χ1n) is 5.30. The van der Waals surface area contributed by atoms with Gasteiger partial charge in [-0.25, -0.2) is 0 Å². The summed E-state index contributed by atoms with van der Waals surface area (Å²) < 4.78 is 0. The number of fused-ring (bicyclic) bond motifs is 1. The minimum absolute atomic E-state index is 0.0323. The van der Waals surface area contributed by atoms with Gasteiger partial charge in [0.05, 0.1) is 0 Å². The van der Waals surface area contributed by atoms with Gasteiger partial charge >= 0.3 is 0 Å². The second kappa shape index (κ2) is 2.76. The summed E-state index contributed by atoms with van der Waals surface area (Å²) in [5.74, 6) is 5.55. The van der Waals surface area contributed by atoms with Crippen LogP contribution in [0.1, 0.15) is 27.2 Å². The molecule has 2 fully saturated rings. The Bertz CT molecular complexity index is 371. The summed E-state index contributed by atoms with van der Waals surface area (Å²) in [6.45, 7) is 5.91. The molecule has 0 radical (unpaired) electrons. The number of piperidine rings is 1. The third kappa shape index (κ3) is 1.53. The van der Waals surface area contributed by atoms with Crippen LogP contribution in [0.2, 0.25) is 0 Å². The lowest BCUT2D eigenvalue weighted by molar-refractivity contribution is -0.140. The van der Waals surface area contributed by atoms with E-state index in [1.54, 1.807) is 11.9 Å². The molecule has 15 heavy (non-hydrogen) atoms. The lowest BCUT2D eigenvalue weighted by atomic mass is 9.93. The first-order valence-corrected chi connectivity index (χ1v) is 5.30. The number of likely N-dealkylation sites (tertiary alicyclic amines) is 1. The van der Waals surface area contributed by atoms with Crippen LogP contribution in [0.15, 0.2) is 0 Å². The Labute approximate surface area is 90.5 Å². The average Bonchev–Trinajstić information content (AvgIpc) is 2.86. The van der Waals surface area contributed by atoms with Gasteiger partial charge < -0.3 is 10.0 Å². The Morgan fingerprint density at radius 2 is 2.13 bits per heavy atom. The van der Waals surface area contributed by atoms with Crippen molar-refractivity contribution in [2.24, 2.45) is 11.3 Å². The molecule has 0 bridgehead atoms. The quantitative estimate of drug-likeness (QED) is 0.592. The molecule has 1 N–H and O–H groups in total. The smallest absolute Gasteiger partial charge is 0.267 e. The summed E-state index contributed by atoms with van der Waals surface area (Å²) in [6, 6.07) is 0.219. The van der Waals surface area contributed by atoms with Crippen molar-refractivity contribution in [2.45, 2.75) is 38.8 Å². The van der Waals surface area contributed by atoms with E-state index in [9.17, 15) is 9.90 Å². The van der Waals surface area contributed by atoms with Crippen molar-refractivity contribution >= 4 is 5.91 Å². The van der Waals surface area contributed by atoms with Gasteiger partial charge in [0.2, 0.25) is 5.60 Å². The van der Waals surface area contributed by atoms with Crippen LogP contribution >= 0.6 is 0 Å². The van der Waals surface area contributed by atoms with Crippen LogP contribution in [0.5, 0.6) is 0 Å². The van der Waals surface area contributed by atoms with E-state index in [2.05, 4.69) is 11.8 Å². The Kier molecular flexibility index (Phi) is 1.94. The number of rotatable bonds is 0. The van der Waals surface area contributed by atoms with Crippen LogP contribution in [0.3, 0.4) is 0 Å². The first-order chi connectivity index (χ1) is 6.76. The molecular formula is C12H17NO2. The van der Waals surface area contributed by atoms with Crippen molar-refractivity contribution in [2.75, 3.05) is 7.05 Å². The van der Waals surface area contributed by atoms with Crippen LogP contribution in [-0.4, -0.2) is 34.6 Å². The molecule has 1 heterocycles. The molecule has 2 aliphatic rings. The predicted molar refractivity (Wildman–Crippen MR) is 56.8 cm³/mol. The van der Waals surface area contributed by atoms with E-state index in [0.717, 1.165) is 6.42 Å². The molecule has 3 nitrogen and oxygen atoms in total. The number of carbonyl (C=O) groups is 1. The highest BCUT2D eigenvalue weighted by Gasteiger charge is 2.66. The standard InChI is InChI=1S/C12H17NO2/c1-11(2,3)5-6-12(15)8-7-9(8)13(4)10(12)14/h8-9,15H,7H2,1-4H3. The summed E-state index contributed by atoms with van der Waals surface area (Å²) in [7, 11) is 1.74. The fourth-order valence-electron chi connectivity index (χ4n) is 2.07. The summed E-state index contributed by atoms with van der Waals surface area (Å²) >= 11 is 0. The Hall–Kier alpha value is -1.01. The summed E-state index contributed by atoms with van der Waals surface area (Å²) in [5.41, 5.74) is -1.59. The summed E-state index contributed by atoms with van der Waals surface area (Å²) in [5, 5.41) is 10.2. The van der Waals surface area contributed by atoms with Crippen LogP contribution in [0.25, 0.3) is 0 Å². The van der Waals surface area contributed by atoms with E-state index < -0.39 is 5.60 Å². The number of aliphatic hydroxyl groups is 1. The van der Waals surface area contributed by atoms with Gasteiger partial charge in [-0.3, -0.25) is 4.79 Å². The van der Waals surface area contributed by atoms with E-state index in [-0.39, 0.29) is 23.3 Å². The monoisotopic (exact) mass is 207 g/mol. The van der Waals surface area contributed by atoms with Gasteiger partial charge in [-0.15, -0.1) is 0 Å². The Morgan fingerprint density at radius 1 is 1.53 bits per heavy atom. The largest absolute Gasteiger partial charge is 0.369 e. The molecule has 0 aromatic heterocycles. The van der Waals surface area contributed by atoms with Gasteiger partial charge in [0, 0.05) is 24.4 Å². The normalized spacial score (nSPS) is 38.5. The molecule has 1 saturated carbocycles. The van der Waals surface area contributed by atoms with E-state index in [4.69, 9.17) is 0 Å². The van der Waals surface area contributed by atoms with Crippen molar-refractivity contribution in [3.8, 4) is 11.8 Å². The SMILES string of the molecule is CN1C(=O)C(O)(C#CC(C)(C)C)C2CC21. The third-order valence-corrected chi connectivity index (χ3v) is 3.07. The second-order valence-corrected chi connectivity index (χ2v) is 5.59. The van der Waals surface area contributed by atoms with Crippen LogP contribution in [0, 0.1) is 23.2 Å². The van der Waals surface area contributed by atoms with Gasteiger partial charge in [0.15, 0.2) is 0 Å². The van der Waals surface area contributed by atoms with Crippen molar-refractivity contribution in [1.82, 2.24) is 4.90 Å². The van der Waals surface area contributed by atoms with E-state index in [0.29, 0.717) is 0 Å². The van der Waals surface area contributed by atoms with E-state index in [1.807, 2.05) is 20.8 Å². The molecule has 1 aliphatic carbocycles. The fourth-order valence-corrected chi connectivity index (χ4v) is 2.07. The first kappa shape index (κ1) is 10.5. The minimum atomic E-state index is -1.41. The van der Waals surface area contributed by atoms with Gasteiger partial charge in [-0.2, -0.15) is 0 Å². The lowest BCUT2D eigenvalue weighted by Gasteiger charge is -2.19. The summed E-state index contributed by atoms with van der Waals surface area (Å²) in [4.78, 5) is 13.4.